The molecule has 1 N–H and O–H groups in total. The zero-order valence-corrected chi connectivity index (χ0v) is 20.6. The number of ether oxygens (including phenoxy) is 2. The van der Waals surface area contributed by atoms with E-state index in [4.69, 9.17) is 14.5 Å². The number of nitrogens with one attached hydrogen (secondary N) is 1. The van der Waals surface area contributed by atoms with Crippen LogP contribution in [0.5, 0.6) is 0 Å². The van der Waals surface area contributed by atoms with E-state index in [2.05, 4.69) is 17.4 Å². The Balaban J connectivity index is 1.30. The van der Waals surface area contributed by atoms with Gasteiger partial charge in [-0.05, 0) is 43.4 Å². The van der Waals surface area contributed by atoms with Gasteiger partial charge in [0.2, 0.25) is 5.91 Å². The van der Waals surface area contributed by atoms with Crippen molar-refractivity contribution in [2.45, 2.75) is 48.9 Å². The summed E-state index contributed by atoms with van der Waals surface area (Å²) in [7, 11) is 0. The van der Waals surface area contributed by atoms with Gasteiger partial charge in [0.25, 0.3) is 5.56 Å². The maximum absolute atomic E-state index is 13.3. The fraction of sp³-hybridized carbons (Fsp3) is 0.444. The summed E-state index contributed by atoms with van der Waals surface area (Å²) in [6.45, 7) is 3.12. The molecule has 0 spiro atoms. The molecule has 2 aromatic carbocycles. The third-order valence-corrected chi connectivity index (χ3v) is 8.01. The van der Waals surface area contributed by atoms with Gasteiger partial charge < -0.3 is 14.8 Å². The van der Waals surface area contributed by atoms with Gasteiger partial charge in [-0.1, -0.05) is 54.2 Å². The average molecular weight is 494 g/mol. The molecule has 1 amide bonds. The number of rotatable bonds is 8. The van der Waals surface area contributed by atoms with Gasteiger partial charge in [0.05, 0.1) is 29.3 Å². The van der Waals surface area contributed by atoms with E-state index in [0.29, 0.717) is 42.4 Å². The maximum atomic E-state index is 13.3. The molecule has 7 nitrogen and oxygen atoms in total. The number of thioether (sulfide) groups is 1. The minimum Gasteiger partial charge on any atom is -0.381 e. The summed E-state index contributed by atoms with van der Waals surface area (Å²) in [5, 5.41) is 4.30. The zero-order valence-electron chi connectivity index (χ0n) is 19.8. The van der Waals surface area contributed by atoms with Crippen LogP contribution in [-0.2, 0) is 26.2 Å². The predicted molar refractivity (Wildman–Crippen MR) is 137 cm³/mol. The predicted octanol–water partition coefficient (Wildman–Crippen LogP) is 3.53. The van der Waals surface area contributed by atoms with E-state index in [1.807, 2.05) is 36.4 Å². The van der Waals surface area contributed by atoms with Gasteiger partial charge in [0.15, 0.2) is 5.16 Å². The van der Waals surface area contributed by atoms with Gasteiger partial charge >= 0.3 is 0 Å². The first-order chi connectivity index (χ1) is 17.1. The van der Waals surface area contributed by atoms with Crippen molar-refractivity contribution < 1.29 is 14.3 Å². The Morgan fingerprint density at radius 3 is 2.63 bits per heavy atom. The Kier molecular flexibility index (Phi) is 7.51. The summed E-state index contributed by atoms with van der Waals surface area (Å²) in [4.78, 5) is 30.9. The Bertz CT molecular complexity index is 1220. The zero-order chi connectivity index (χ0) is 24.1. The Labute approximate surface area is 209 Å². The standard InChI is InChI=1S/C27H31N3O4S/c31-24(28-19-27(12-15-33-16-13-27)20-7-2-1-3-8-20)18-35-26-29-23-11-5-4-10-22(23)25(32)30(26)17-21-9-6-14-34-21/h1-5,7-8,10-11,21H,6,9,12-19H2,(H,28,31). The third kappa shape index (κ3) is 5.44. The van der Waals surface area contributed by atoms with Crippen LogP contribution < -0.4 is 10.9 Å². The first-order valence-electron chi connectivity index (χ1n) is 12.3. The van der Waals surface area contributed by atoms with Crippen molar-refractivity contribution >= 4 is 28.6 Å². The molecule has 2 fully saturated rings. The third-order valence-electron chi connectivity index (χ3n) is 7.03. The second-order valence-corrected chi connectivity index (χ2v) is 10.2. The highest BCUT2D eigenvalue weighted by molar-refractivity contribution is 7.99. The van der Waals surface area contributed by atoms with E-state index in [1.165, 1.54) is 17.3 Å². The molecule has 35 heavy (non-hydrogen) atoms. The van der Waals surface area contributed by atoms with Gasteiger partial charge in [-0.2, -0.15) is 0 Å². The molecule has 1 unspecified atom stereocenters. The summed E-state index contributed by atoms with van der Waals surface area (Å²) < 4.78 is 13.1. The molecule has 5 rings (SSSR count). The highest BCUT2D eigenvalue weighted by Gasteiger charge is 2.34. The summed E-state index contributed by atoms with van der Waals surface area (Å²) in [5.41, 5.74) is 1.68. The smallest absolute Gasteiger partial charge is 0.262 e. The lowest BCUT2D eigenvalue weighted by Crippen LogP contribution is -2.45. The van der Waals surface area contributed by atoms with Crippen molar-refractivity contribution in [1.29, 1.82) is 0 Å². The molecule has 0 radical (unpaired) electrons. The molecule has 1 atom stereocenters. The van der Waals surface area contributed by atoms with Gasteiger partial charge in [0.1, 0.15) is 0 Å². The molecule has 2 aliphatic rings. The quantitative estimate of drug-likeness (QED) is 0.382. The van der Waals surface area contributed by atoms with Crippen molar-refractivity contribution in [3.63, 3.8) is 0 Å². The molecule has 2 saturated heterocycles. The van der Waals surface area contributed by atoms with Crippen LogP contribution in [0, 0.1) is 0 Å². The van der Waals surface area contributed by atoms with E-state index in [1.54, 1.807) is 10.6 Å². The first kappa shape index (κ1) is 24.0. The highest BCUT2D eigenvalue weighted by Crippen LogP contribution is 2.34. The van der Waals surface area contributed by atoms with Gasteiger partial charge in [0, 0.05) is 31.8 Å². The summed E-state index contributed by atoms with van der Waals surface area (Å²) in [5.74, 6) is 0.125. The SMILES string of the molecule is O=C(CSc1nc2ccccc2c(=O)n1CC1CCCO1)NCC1(c2ccccc2)CCOCC1. The van der Waals surface area contributed by atoms with Crippen molar-refractivity contribution in [1.82, 2.24) is 14.9 Å². The largest absolute Gasteiger partial charge is 0.381 e. The number of carbonyl (C=O) groups is 1. The van der Waals surface area contributed by atoms with E-state index < -0.39 is 0 Å². The number of para-hydroxylation sites is 1. The Morgan fingerprint density at radius 2 is 1.86 bits per heavy atom. The first-order valence-corrected chi connectivity index (χ1v) is 13.3. The lowest BCUT2D eigenvalue weighted by molar-refractivity contribution is -0.119. The Morgan fingerprint density at radius 1 is 1.09 bits per heavy atom. The monoisotopic (exact) mass is 493 g/mol. The Hall–Kier alpha value is -2.68. The molecule has 0 bridgehead atoms. The van der Waals surface area contributed by atoms with Crippen LogP contribution in [0.25, 0.3) is 10.9 Å². The fourth-order valence-corrected chi connectivity index (χ4v) is 5.82. The number of carbonyl (C=O) groups excluding carboxylic acids is 1. The van der Waals surface area contributed by atoms with Gasteiger partial charge in [-0.15, -0.1) is 0 Å². The second kappa shape index (κ2) is 10.9. The normalized spacial score (nSPS) is 19.6. The number of hydrogen-bond acceptors (Lipinski definition) is 6. The van der Waals surface area contributed by atoms with Crippen LogP contribution >= 0.6 is 11.8 Å². The van der Waals surface area contributed by atoms with Crippen LogP contribution in [0.1, 0.15) is 31.2 Å². The summed E-state index contributed by atoms with van der Waals surface area (Å²) in [6.07, 6.45) is 3.67. The molecule has 3 heterocycles. The number of fused-ring (bicyclic) bond motifs is 1. The van der Waals surface area contributed by atoms with Gasteiger partial charge in [-0.3, -0.25) is 14.2 Å². The van der Waals surface area contributed by atoms with E-state index >= 15 is 0 Å². The van der Waals surface area contributed by atoms with Gasteiger partial charge in [-0.25, -0.2) is 4.98 Å². The maximum Gasteiger partial charge on any atom is 0.262 e. The lowest BCUT2D eigenvalue weighted by Gasteiger charge is -2.38. The summed E-state index contributed by atoms with van der Waals surface area (Å²) >= 11 is 1.31. The molecule has 8 heteroatoms. The molecular formula is C27H31N3O4S. The number of aromatic nitrogens is 2. The molecule has 3 aromatic rings. The van der Waals surface area contributed by atoms with Crippen molar-refractivity contribution in [3.05, 3.63) is 70.5 Å². The average Bonchev–Trinajstić information content (AvgIpc) is 3.42. The van der Waals surface area contributed by atoms with Crippen LogP contribution in [0.2, 0.25) is 0 Å². The minimum atomic E-state index is -0.122. The molecule has 2 aliphatic heterocycles. The lowest BCUT2D eigenvalue weighted by atomic mass is 9.74. The van der Waals surface area contributed by atoms with Crippen LogP contribution in [-0.4, -0.2) is 53.7 Å². The number of hydrogen-bond donors (Lipinski definition) is 1. The molecular weight excluding hydrogens is 462 g/mol. The fourth-order valence-electron chi connectivity index (χ4n) is 4.98. The second-order valence-electron chi connectivity index (χ2n) is 9.29. The van der Waals surface area contributed by atoms with E-state index in [-0.39, 0.29) is 28.7 Å². The topological polar surface area (TPSA) is 82.5 Å². The molecule has 1 aromatic heterocycles. The minimum absolute atomic E-state index is 0.00286. The van der Waals surface area contributed by atoms with Crippen molar-refractivity contribution in [3.8, 4) is 0 Å². The number of amides is 1. The van der Waals surface area contributed by atoms with Crippen LogP contribution in [0.15, 0.2) is 64.5 Å². The van der Waals surface area contributed by atoms with E-state index in [9.17, 15) is 9.59 Å². The summed E-state index contributed by atoms with van der Waals surface area (Å²) in [6, 6.07) is 17.7. The van der Waals surface area contributed by atoms with Crippen molar-refractivity contribution in [2.24, 2.45) is 0 Å². The van der Waals surface area contributed by atoms with Crippen LogP contribution in [0.4, 0.5) is 0 Å². The highest BCUT2D eigenvalue weighted by atomic mass is 32.2. The van der Waals surface area contributed by atoms with Crippen molar-refractivity contribution in [2.75, 3.05) is 32.1 Å². The molecule has 0 saturated carbocycles. The number of nitrogens with zero attached hydrogens (tertiary/aromatic N) is 2. The van der Waals surface area contributed by atoms with Crippen LogP contribution in [0.3, 0.4) is 0 Å². The molecule has 184 valence electrons. The van der Waals surface area contributed by atoms with E-state index in [0.717, 1.165) is 32.3 Å². The molecule has 0 aliphatic carbocycles. The number of benzene rings is 2.